The summed E-state index contributed by atoms with van der Waals surface area (Å²) in [5.74, 6) is 1.11. The number of rotatable bonds is 9. The lowest BCUT2D eigenvalue weighted by Gasteiger charge is -2.17. The highest BCUT2D eigenvalue weighted by Crippen LogP contribution is 2.13. The van der Waals surface area contributed by atoms with Crippen molar-refractivity contribution < 1.29 is 9.53 Å². The quantitative estimate of drug-likeness (QED) is 0.459. The fraction of sp³-hybridized carbons (Fsp3) is 0.579. The lowest BCUT2D eigenvalue weighted by Crippen LogP contribution is -2.47. The van der Waals surface area contributed by atoms with E-state index in [1.165, 1.54) is 19.3 Å². The average molecular weight is 366 g/mol. The van der Waals surface area contributed by atoms with Crippen molar-refractivity contribution >= 4 is 23.2 Å². The Balaban J connectivity index is 2.36. The van der Waals surface area contributed by atoms with Crippen LogP contribution in [0.4, 0.5) is 0 Å². The van der Waals surface area contributed by atoms with Crippen molar-refractivity contribution in [3.63, 3.8) is 0 Å². The Morgan fingerprint density at radius 3 is 2.40 bits per heavy atom. The average Bonchev–Trinajstić information content (AvgIpc) is 2.60. The van der Waals surface area contributed by atoms with E-state index < -0.39 is 0 Å². The largest absolute Gasteiger partial charge is 0.491 e. The summed E-state index contributed by atoms with van der Waals surface area (Å²) in [4.78, 5) is 12.1. The van der Waals surface area contributed by atoms with Gasteiger partial charge in [-0.25, -0.2) is 0 Å². The summed E-state index contributed by atoms with van der Waals surface area (Å²) in [6, 6.07) is 7.02. The van der Waals surface area contributed by atoms with Crippen molar-refractivity contribution in [1.82, 2.24) is 16.2 Å². The molecule has 0 saturated heterocycles. The molecule has 140 valence electrons. The molecule has 0 aliphatic rings. The minimum absolute atomic E-state index is 0.106. The van der Waals surface area contributed by atoms with Crippen LogP contribution in [0.25, 0.3) is 0 Å². The summed E-state index contributed by atoms with van der Waals surface area (Å²) >= 11 is 5.21. The first kappa shape index (κ1) is 21.2. The van der Waals surface area contributed by atoms with E-state index in [1.54, 1.807) is 24.3 Å². The van der Waals surface area contributed by atoms with Crippen molar-refractivity contribution in [2.45, 2.75) is 59.5 Å². The normalized spacial score (nSPS) is 11.7. The van der Waals surface area contributed by atoms with Crippen LogP contribution in [0.5, 0.6) is 5.75 Å². The SMILES string of the molecule is CCCC[C@H](CC)CNC(=S)NNC(=O)c1ccc(OC(C)C)cc1. The summed E-state index contributed by atoms with van der Waals surface area (Å²) in [5.41, 5.74) is 5.91. The molecule has 3 N–H and O–H groups in total. The van der Waals surface area contributed by atoms with E-state index >= 15 is 0 Å². The molecule has 25 heavy (non-hydrogen) atoms. The van der Waals surface area contributed by atoms with Gasteiger partial charge in [0.05, 0.1) is 6.10 Å². The topological polar surface area (TPSA) is 62.4 Å². The molecular formula is C19H31N3O2S. The third-order valence-corrected chi connectivity index (χ3v) is 4.12. The maximum absolute atomic E-state index is 12.1. The van der Waals surface area contributed by atoms with Crippen molar-refractivity contribution in [2.75, 3.05) is 6.54 Å². The van der Waals surface area contributed by atoms with Crippen LogP contribution >= 0.6 is 12.2 Å². The Bertz CT molecular complexity index is 532. The Labute approximate surface area is 156 Å². The highest BCUT2D eigenvalue weighted by molar-refractivity contribution is 7.80. The molecule has 1 atom stereocenters. The van der Waals surface area contributed by atoms with Gasteiger partial charge >= 0.3 is 0 Å². The molecule has 0 heterocycles. The molecule has 0 aliphatic heterocycles. The maximum Gasteiger partial charge on any atom is 0.269 e. The Hall–Kier alpha value is -1.82. The molecule has 0 radical (unpaired) electrons. The van der Waals surface area contributed by atoms with Gasteiger partial charge in [0.1, 0.15) is 5.75 Å². The van der Waals surface area contributed by atoms with E-state index in [0.29, 0.717) is 16.6 Å². The molecule has 0 fully saturated rings. The zero-order valence-electron chi connectivity index (χ0n) is 15.7. The van der Waals surface area contributed by atoms with Crippen molar-refractivity contribution in [3.8, 4) is 5.75 Å². The lowest BCUT2D eigenvalue weighted by molar-refractivity contribution is 0.0943. The fourth-order valence-corrected chi connectivity index (χ4v) is 2.50. The van der Waals surface area contributed by atoms with E-state index in [-0.39, 0.29) is 12.0 Å². The standard InChI is InChI=1S/C19H31N3O2S/c1-5-7-8-15(6-2)13-20-19(25)22-21-18(23)16-9-11-17(12-10-16)24-14(3)4/h9-12,14-15H,5-8,13H2,1-4H3,(H,21,23)(H2,20,22,25)/t15-/m0/s1. The minimum Gasteiger partial charge on any atom is -0.491 e. The third-order valence-electron chi connectivity index (χ3n) is 3.87. The molecule has 5 nitrogen and oxygen atoms in total. The van der Waals surface area contributed by atoms with Gasteiger partial charge in [0.15, 0.2) is 5.11 Å². The lowest BCUT2D eigenvalue weighted by atomic mass is 9.99. The maximum atomic E-state index is 12.1. The van der Waals surface area contributed by atoms with Crippen LogP contribution < -0.4 is 20.9 Å². The highest BCUT2D eigenvalue weighted by atomic mass is 32.1. The van der Waals surface area contributed by atoms with Gasteiger partial charge in [-0.3, -0.25) is 15.6 Å². The van der Waals surface area contributed by atoms with Gasteiger partial charge in [-0.15, -0.1) is 0 Å². The van der Waals surface area contributed by atoms with E-state index in [0.717, 1.165) is 18.7 Å². The molecule has 0 aromatic heterocycles. The van der Waals surface area contributed by atoms with Gasteiger partial charge in [0.25, 0.3) is 5.91 Å². The molecule has 6 heteroatoms. The summed E-state index contributed by atoms with van der Waals surface area (Å²) in [5, 5.41) is 3.60. The second-order valence-corrected chi connectivity index (χ2v) is 6.80. The number of ether oxygens (including phenoxy) is 1. The molecule has 0 spiro atoms. The number of hydrogen-bond donors (Lipinski definition) is 3. The summed E-state index contributed by atoms with van der Waals surface area (Å²) < 4.78 is 5.56. The molecule has 0 unspecified atom stereocenters. The van der Waals surface area contributed by atoms with Crippen LogP contribution in [0.15, 0.2) is 24.3 Å². The van der Waals surface area contributed by atoms with Crippen LogP contribution in [-0.4, -0.2) is 23.7 Å². The number of nitrogens with one attached hydrogen (secondary N) is 3. The predicted molar refractivity (Wildman–Crippen MR) is 107 cm³/mol. The molecule has 1 aromatic rings. The van der Waals surface area contributed by atoms with Crippen LogP contribution in [0.1, 0.15) is 63.7 Å². The van der Waals surface area contributed by atoms with Crippen LogP contribution in [0.2, 0.25) is 0 Å². The molecule has 0 saturated carbocycles. The summed E-state index contributed by atoms with van der Waals surface area (Å²) in [6.07, 6.45) is 4.85. The van der Waals surface area contributed by atoms with Gasteiger partial charge in [-0.05, 0) is 62.7 Å². The van der Waals surface area contributed by atoms with E-state index in [2.05, 4.69) is 30.0 Å². The van der Waals surface area contributed by atoms with E-state index in [9.17, 15) is 4.79 Å². The van der Waals surface area contributed by atoms with Crippen LogP contribution in [-0.2, 0) is 0 Å². The van der Waals surface area contributed by atoms with Crippen molar-refractivity contribution in [1.29, 1.82) is 0 Å². The summed E-state index contributed by atoms with van der Waals surface area (Å²) in [6.45, 7) is 9.13. The molecule has 1 amide bonds. The first-order valence-corrected chi connectivity index (χ1v) is 9.47. The van der Waals surface area contributed by atoms with Crippen LogP contribution in [0.3, 0.4) is 0 Å². The van der Waals surface area contributed by atoms with E-state index in [4.69, 9.17) is 17.0 Å². The third kappa shape index (κ3) is 8.72. The summed E-state index contributed by atoms with van der Waals surface area (Å²) in [7, 11) is 0. The highest BCUT2D eigenvalue weighted by Gasteiger charge is 2.09. The first-order valence-electron chi connectivity index (χ1n) is 9.07. The zero-order chi connectivity index (χ0) is 18.7. The minimum atomic E-state index is -0.238. The smallest absolute Gasteiger partial charge is 0.269 e. The number of hydrazine groups is 1. The molecule has 1 rings (SSSR count). The van der Waals surface area contributed by atoms with Crippen LogP contribution in [0, 0.1) is 5.92 Å². The molecule has 0 bridgehead atoms. The Morgan fingerprint density at radius 2 is 1.84 bits per heavy atom. The van der Waals surface area contributed by atoms with Gasteiger partial charge < -0.3 is 10.1 Å². The number of carbonyl (C=O) groups excluding carboxylic acids is 1. The van der Waals surface area contributed by atoms with Gasteiger partial charge in [-0.1, -0.05) is 33.1 Å². The number of amides is 1. The zero-order valence-corrected chi connectivity index (χ0v) is 16.5. The van der Waals surface area contributed by atoms with Gasteiger partial charge in [0.2, 0.25) is 0 Å². The second-order valence-electron chi connectivity index (χ2n) is 6.40. The van der Waals surface area contributed by atoms with Crippen molar-refractivity contribution in [2.24, 2.45) is 5.92 Å². The number of thiocarbonyl (C=S) groups is 1. The first-order chi connectivity index (χ1) is 12.0. The molecule has 1 aromatic carbocycles. The predicted octanol–water partition coefficient (Wildman–Crippen LogP) is 3.80. The monoisotopic (exact) mass is 365 g/mol. The van der Waals surface area contributed by atoms with Gasteiger partial charge in [0, 0.05) is 12.1 Å². The van der Waals surface area contributed by atoms with Gasteiger partial charge in [-0.2, -0.15) is 0 Å². The second kappa shape index (κ2) is 11.7. The molecular weight excluding hydrogens is 334 g/mol. The number of hydrogen-bond acceptors (Lipinski definition) is 3. The Morgan fingerprint density at radius 1 is 1.16 bits per heavy atom. The molecule has 0 aliphatic carbocycles. The van der Waals surface area contributed by atoms with E-state index in [1.807, 2.05) is 13.8 Å². The number of benzene rings is 1. The Kier molecular flexibility index (Phi) is 9.92. The number of carbonyl (C=O) groups is 1. The number of unbranched alkanes of at least 4 members (excludes halogenated alkanes) is 1. The van der Waals surface area contributed by atoms with Crippen molar-refractivity contribution in [3.05, 3.63) is 29.8 Å². The fourth-order valence-electron chi connectivity index (χ4n) is 2.37.